The lowest BCUT2D eigenvalue weighted by atomic mass is 10.0. The molecule has 0 atom stereocenters. The van der Waals surface area contributed by atoms with Crippen molar-refractivity contribution in [2.75, 3.05) is 7.11 Å². The minimum absolute atomic E-state index is 0.0480. The van der Waals surface area contributed by atoms with E-state index in [4.69, 9.17) is 10.5 Å². The summed E-state index contributed by atoms with van der Waals surface area (Å²) in [6, 6.07) is 11.8. The second-order valence-corrected chi connectivity index (χ2v) is 3.81. The molecule has 0 aromatic heterocycles. The molecule has 0 aliphatic rings. The number of carbonyl (C=O) groups excluding carboxylic acids is 1. The van der Waals surface area contributed by atoms with Crippen LogP contribution in [-0.2, 0) is 4.79 Å². The maximum absolute atomic E-state index is 10.7. The number of carbonyl (C=O) groups is 1. The maximum Gasteiger partial charge on any atom is 0.229 e. The van der Waals surface area contributed by atoms with Crippen LogP contribution in [0.3, 0.4) is 0 Å². The zero-order chi connectivity index (χ0) is 13.0. The first-order valence-corrected chi connectivity index (χ1v) is 5.55. The Morgan fingerprint density at radius 2 is 2.06 bits per heavy atom. The zero-order valence-corrected chi connectivity index (χ0v) is 10.1. The number of rotatable bonds is 2. The van der Waals surface area contributed by atoms with Crippen LogP contribution in [0, 0.1) is 11.8 Å². The number of hydrogen-bond donors (Lipinski definition) is 1. The van der Waals surface area contributed by atoms with Gasteiger partial charge in [-0.05, 0) is 11.5 Å². The molecule has 0 spiro atoms. The summed E-state index contributed by atoms with van der Waals surface area (Å²) in [5, 5.41) is 2.09. The summed E-state index contributed by atoms with van der Waals surface area (Å²) < 4.78 is 5.29. The average molecular weight is 239 g/mol. The summed E-state index contributed by atoms with van der Waals surface area (Å²) in [6.07, 6.45) is 0.0480. The molecule has 0 fully saturated rings. The SMILES string of the molecule is COc1ccc2ccccc2c1C#CCC(N)=O. The summed E-state index contributed by atoms with van der Waals surface area (Å²) in [5.41, 5.74) is 5.86. The van der Waals surface area contributed by atoms with Crippen molar-refractivity contribution in [2.24, 2.45) is 5.73 Å². The quantitative estimate of drug-likeness (QED) is 0.816. The van der Waals surface area contributed by atoms with Crippen LogP contribution in [-0.4, -0.2) is 13.0 Å². The fourth-order valence-electron chi connectivity index (χ4n) is 1.77. The highest BCUT2D eigenvalue weighted by atomic mass is 16.5. The Kier molecular flexibility index (Phi) is 3.49. The van der Waals surface area contributed by atoms with Crippen molar-refractivity contribution in [2.45, 2.75) is 6.42 Å². The van der Waals surface area contributed by atoms with Crippen molar-refractivity contribution in [3.05, 3.63) is 42.0 Å². The highest BCUT2D eigenvalue weighted by Gasteiger charge is 2.05. The number of amides is 1. The molecule has 18 heavy (non-hydrogen) atoms. The number of fused-ring (bicyclic) bond motifs is 1. The van der Waals surface area contributed by atoms with Crippen LogP contribution in [0.4, 0.5) is 0 Å². The van der Waals surface area contributed by atoms with E-state index in [1.165, 1.54) is 0 Å². The lowest BCUT2D eigenvalue weighted by molar-refractivity contribution is -0.117. The second-order valence-electron chi connectivity index (χ2n) is 3.81. The molecule has 2 aromatic rings. The topological polar surface area (TPSA) is 52.3 Å². The minimum atomic E-state index is -0.429. The van der Waals surface area contributed by atoms with Crippen LogP contribution >= 0.6 is 0 Å². The number of ether oxygens (including phenoxy) is 1. The first kappa shape index (κ1) is 12.0. The third-order valence-corrected chi connectivity index (χ3v) is 2.59. The Morgan fingerprint density at radius 1 is 1.28 bits per heavy atom. The van der Waals surface area contributed by atoms with Gasteiger partial charge in [0.15, 0.2) is 0 Å². The van der Waals surface area contributed by atoms with Crippen molar-refractivity contribution in [1.82, 2.24) is 0 Å². The van der Waals surface area contributed by atoms with Crippen molar-refractivity contribution >= 4 is 16.7 Å². The van der Waals surface area contributed by atoms with Gasteiger partial charge in [0.05, 0.1) is 19.1 Å². The molecular weight excluding hydrogens is 226 g/mol. The lowest BCUT2D eigenvalue weighted by Crippen LogP contribution is -2.08. The maximum atomic E-state index is 10.7. The van der Waals surface area contributed by atoms with E-state index in [0.29, 0.717) is 5.75 Å². The van der Waals surface area contributed by atoms with Crippen molar-refractivity contribution < 1.29 is 9.53 Å². The molecule has 1 amide bonds. The first-order valence-electron chi connectivity index (χ1n) is 5.55. The molecule has 0 aliphatic heterocycles. The normalized spacial score (nSPS) is 9.61. The molecule has 0 bridgehead atoms. The Hall–Kier alpha value is -2.47. The highest BCUT2D eigenvalue weighted by molar-refractivity contribution is 5.90. The van der Waals surface area contributed by atoms with E-state index >= 15 is 0 Å². The van der Waals surface area contributed by atoms with Crippen LogP contribution in [0.5, 0.6) is 5.75 Å². The molecule has 0 unspecified atom stereocenters. The van der Waals surface area contributed by atoms with E-state index in [9.17, 15) is 4.79 Å². The molecule has 3 nitrogen and oxygen atoms in total. The highest BCUT2D eigenvalue weighted by Crippen LogP contribution is 2.26. The molecular formula is C15H13NO2. The smallest absolute Gasteiger partial charge is 0.229 e. The van der Waals surface area contributed by atoms with Crippen LogP contribution in [0.25, 0.3) is 10.8 Å². The third kappa shape index (κ3) is 2.44. The summed E-state index contributed by atoms with van der Waals surface area (Å²) >= 11 is 0. The van der Waals surface area contributed by atoms with E-state index in [2.05, 4.69) is 11.8 Å². The van der Waals surface area contributed by atoms with E-state index in [0.717, 1.165) is 16.3 Å². The zero-order valence-electron chi connectivity index (χ0n) is 10.1. The van der Waals surface area contributed by atoms with Crippen LogP contribution < -0.4 is 10.5 Å². The largest absolute Gasteiger partial charge is 0.495 e. The van der Waals surface area contributed by atoms with Gasteiger partial charge in [-0.2, -0.15) is 0 Å². The Bertz CT molecular complexity index is 650. The Balaban J connectivity index is 2.56. The van der Waals surface area contributed by atoms with Gasteiger partial charge in [0.1, 0.15) is 5.75 Å². The van der Waals surface area contributed by atoms with Crippen LogP contribution in [0.15, 0.2) is 36.4 Å². The van der Waals surface area contributed by atoms with E-state index < -0.39 is 5.91 Å². The fraction of sp³-hybridized carbons (Fsp3) is 0.133. The van der Waals surface area contributed by atoms with Gasteiger partial charge >= 0.3 is 0 Å². The molecule has 3 heteroatoms. The molecule has 0 heterocycles. The molecule has 0 radical (unpaired) electrons. The van der Waals surface area contributed by atoms with Gasteiger partial charge in [0, 0.05) is 5.39 Å². The lowest BCUT2D eigenvalue weighted by Gasteiger charge is -2.06. The van der Waals surface area contributed by atoms with Gasteiger partial charge in [-0.3, -0.25) is 4.79 Å². The Labute approximate surface area is 106 Å². The molecule has 2 N–H and O–H groups in total. The van der Waals surface area contributed by atoms with Crippen molar-refractivity contribution in [1.29, 1.82) is 0 Å². The van der Waals surface area contributed by atoms with Crippen LogP contribution in [0.1, 0.15) is 12.0 Å². The van der Waals surface area contributed by atoms with Gasteiger partial charge in [0.2, 0.25) is 5.91 Å². The average Bonchev–Trinajstić information content (AvgIpc) is 2.38. The predicted octanol–water partition coefficient (Wildman–Crippen LogP) is 2.08. The number of nitrogens with two attached hydrogens (primary N) is 1. The van der Waals surface area contributed by atoms with Crippen LogP contribution in [0.2, 0.25) is 0 Å². The van der Waals surface area contributed by atoms with Gasteiger partial charge < -0.3 is 10.5 Å². The standard InChI is InChI=1S/C15H13NO2/c1-18-14-10-9-11-5-2-3-6-12(11)13(14)7-4-8-15(16)17/h2-3,5-6,9-10H,8H2,1H3,(H2,16,17). The van der Waals surface area contributed by atoms with E-state index in [-0.39, 0.29) is 6.42 Å². The summed E-state index contributed by atoms with van der Waals surface area (Å²) in [4.78, 5) is 10.7. The molecule has 0 saturated heterocycles. The Morgan fingerprint density at radius 3 is 2.78 bits per heavy atom. The van der Waals surface area contributed by atoms with Gasteiger partial charge in [-0.1, -0.05) is 42.2 Å². The van der Waals surface area contributed by atoms with Gasteiger partial charge in [-0.25, -0.2) is 0 Å². The molecule has 90 valence electrons. The summed E-state index contributed by atoms with van der Waals surface area (Å²) in [5.74, 6) is 6.00. The molecule has 0 saturated carbocycles. The van der Waals surface area contributed by atoms with E-state index in [1.807, 2.05) is 36.4 Å². The van der Waals surface area contributed by atoms with E-state index in [1.54, 1.807) is 7.11 Å². The third-order valence-electron chi connectivity index (χ3n) is 2.59. The fourth-order valence-corrected chi connectivity index (χ4v) is 1.77. The van der Waals surface area contributed by atoms with Gasteiger partial charge in [0.25, 0.3) is 0 Å². The minimum Gasteiger partial charge on any atom is -0.495 e. The number of benzene rings is 2. The predicted molar refractivity (Wildman–Crippen MR) is 71.2 cm³/mol. The van der Waals surface area contributed by atoms with Gasteiger partial charge in [-0.15, -0.1) is 0 Å². The molecule has 2 rings (SSSR count). The summed E-state index contributed by atoms with van der Waals surface area (Å²) in [7, 11) is 1.60. The molecule has 0 aliphatic carbocycles. The molecule has 2 aromatic carbocycles. The monoisotopic (exact) mass is 239 g/mol. The number of primary amides is 1. The number of hydrogen-bond acceptors (Lipinski definition) is 2. The first-order chi connectivity index (χ1) is 8.72. The second kappa shape index (κ2) is 5.24. The number of methoxy groups -OCH3 is 1. The van der Waals surface area contributed by atoms with Crippen molar-refractivity contribution in [3.8, 4) is 17.6 Å². The van der Waals surface area contributed by atoms with Crippen molar-refractivity contribution in [3.63, 3.8) is 0 Å². The summed E-state index contributed by atoms with van der Waals surface area (Å²) in [6.45, 7) is 0.